The van der Waals surface area contributed by atoms with Crippen molar-refractivity contribution in [3.8, 4) is 0 Å². The number of benzene rings is 1. The molecule has 1 aromatic rings. The first kappa shape index (κ1) is 8.93. The number of hydrogen-bond donors (Lipinski definition) is 1. The lowest BCUT2D eigenvalue weighted by Crippen LogP contribution is -1.90. The monoisotopic (exact) mass is 242 g/mol. The van der Waals surface area contributed by atoms with Gasteiger partial charge in [-0.05, 0) is 15.9 Å². The van der Waals surface area contributed by atoms with E-state index in [-0.39, 0.29) is 9.37 Å². The zero-order valence-corrected chi connectivity index (χ0v) is 7.52. The summed E-state index contributed by atoms with van der Waals surface area (Å²) in [6.07, 6.45) is 0. The molecule has 11 heavy (non-hydrogen) atoms. The second kappa shape index (κ2) is 3.06. The van der Waals surface area contributed by atoms with Gasteiger partial charge in [-0.25, -0.2) is 13.2 Å². The molecule has 1 rings (SSSR count). The van der Waals surface area contributed by atoms with Crippen molar-refractivity contribution in [2.45, 2.75) is 4.90 Å². The van der Waals surface area contributed by atoms with Crippen molar-refractivity contribution < 1.29 is 13.2 Å². The first-order valence-electron chi connectivity index (χ1n) is 2.56. The minimum Gasteiger partial charge on any atom is -0.206 e. The molecule has 0 N–H and O–H groups in total. The smallest absolute Gasteiger partial charge is 0.174 e. The number of hydrogen-bond acceptors (Lipinski definition) is 1. The molecule has 0 nitrogen and oxygen atoms in total. The molecule has 0 aromatic heterocycles. The van der Waals surface area contributed by atoms with Crippen LogP contribution in [0.2, 0.25) is 0 Å². The van der Waals surface area contributed by atoms with Crippen LogP contribution in [0.25, 0.3) is 0 Å². The zero-order valence-electron chi connectivity index (χ0n) is 5.04. The number of rotatable bonds is 0. The van der Waals surface area contributed by atoms with Crippen LogP contribution < -0.4 is 0 Å². The molecular weight excluding hydrogens is 241 g/mol. The van der Waals surface area contributed by atoms with E-state index in [1.807, 2.05) is 0 Å². The van der Waals surface area contributed by atoms with Gasteiger partial charge in [0.15, 0.2) is 11.6 Å². The van der Waals surface area contributed by atoms with Crippen molar-refractivity contribution in [1.82, 2.24) is 0 Å². The molecule has 0 aliphatic heterocycles. The first-order chi connectivity index (χ1) is 5.04. The van der Waals surface area contributed by atoms with Gasteiger partial charge in [-0.15, -0.1) is 12.6 Å². The summed E-state index contributed by atoms with van der Waals surface area (Å²) in [6, 6.07) is 0.447. The van der Waals surface area contributed by atoms with E-state index in [1.165, 1.54) is 0 Å². The summed E-state index contributed by atoms with van der Waals surface area (Å²) in [5, 5.41) is 0. The van der Waals surface area contributed by atoms with Gasteiger partial charge in [0.05, 0.1) is 9.37 Å². The summed E-state index contributed by atoms with van der Waals surface area (Å²) >= 11 is 6.25. The quantitative estimate of drug-likeness (QED) is 0.404. The standard InChI is InChI=1S/C6H2BrF3S/c7-4-5(10)2(8)1-3(9)6(4)11/h1,11H. The van der Waals surface area contributed by atoms with Crippen molar-refractivity contribution in [3.05, 3.63) is 28.0 Å². The Labute approximate surface area is 75.0 Å². The van der Waals surface area contributed by atoms with Crippen LogP contribution in [-0.4, -0.2) is 0 Å². The average molecular weight is 243 g/mol. The van der Waals surface area contributed by atoms with E-state index >= 15 is 0 Å². The van der Waals surface area contributed by atoms with Crippen LogP contribution in [-0.2, 0) is 0 Å². The van der Waals surface area contributed by atoms with E-state index in [4.69, 9.17) is 0 Å². The van der Waals surface area contributed by atoms with Gasteiger partial charge in [0.2, 0.25) is 0 Å². The summed E-state index contributed by atoms with van der Waals surface area (Å²) in [5.41, 5.74) is 0. The lowest BCUT2D eigenvalue weighted by Gasteiger charge is -2.00. The van der Waals surface area contributed by atoms with Gasteiger partial charge in [-0.1, -0.05) is 0 Å². The molecule has 0 bridgehead atoms. The Kier molecular flexibility index (Phi) is 2.49. The Morgan fingerprint density at radius 1 is 1.18 bits per heavy atom. The molecule has 0 unspecified atom stereocenters. The molecule has 0 atom stereocenters. The van der Waals surface area contributed by atoms with E-state index in [9.17, 15) is 13.2 Å². The molecule has 0 aliphatic carbocycles. The summed E-state index contributed by atoms with van der Waals surface area (Å²) < 4.78 is 37.1. The Balaban J connectivity index is 3.46. The van der Waals surface area contributed by atoms with Crippen molar-refractivity contribution >= 4 is 28.6 Å². The highest BCUT2D eigenvalue weighted by Crippen LogP contribution is 2.28. The maximum atomic E-state index is 12.5. The summed E-state index contributed by atoms with van der Waals surface area (Å²) in [6.45, 7) is 0. The van der Waals surface area contributed by atoms with Crippen LogP contribution in [0.15, 0.2) is 15.4 Å². The molecule has 0 aliphatic rings. The molecule has 5 heteroatoms. The van der Waals surface area contributed by atoms with E-state index in [1.54, 1.807) is 0 Å². The molecule has 0 amide bonds. The zero-order chi connectivity index (χ0) is 8.59. The van der Waals surface area contributed by atoms with Crippen LogP contribution in [0.3, 0.4) is 0 Å². The van der Waals surface area contributed by atoms with Gasteiger partial charge < -0.3 is 0 Å². The van der Waals surface area contributed by atoms with Crippen LogP contribution in [0, 0.1) is 17.5 Å². The van der Waals surface area contributed by atoms with Crippen molar-refractivity contribution in [2.24, 2.45) is 0 Å². The molecular formula is C6H2BrF3S. The second-order valence-electron chi connectivity index (χ2n) is 1.82. The largest absolute Gasteiger partial charge is 0.206 e. The van der Waals surface area contributed by atoms with Crippen LogP contribution in [0.5, 0.6) is 0 Å². The van der Waals surface area contributed by atoms with Crippen molar-refractivity contribution in [2.75, 3.05) is 0 Å². The molecule has 0 radical (unpaired) electrons. The first-order valence-corrected chi connectivity index (χ1v) is 3.80. The molecule has 0 saturated heterocycles. The Hall–Kier alpha value is -0.160. The van der Waals surface area contributed by atoms with Gasteiger partial charge in [0.1, 0.15) is 5.82 Å². The third-order valence-electron chi connectivity index (χ3n) is 1.09. The molecule has 0 fully saturated rings. The van der Waals surface area contributed by atoms with Gasteiger partial charge >= 0.3 is 0 Å². The lowest BCUT2D eigenvalue weighted by atomic mass is 10.3. The van der Waals surface area contributed by atoms with Gasteiger partial charge in [0, 0.05) is 6.07 Å². The normalized spacial score (nSPS) is 10.3. The maximum Gasteiger partial charge on any atom is 0.174 e. The second-order valence-corrected chi connectivity index (χ2v) is 3.06. The summed E-state index contributed by atoms with van der Waals surface area (Å²) in [4.78, 5) is -0.232. The minimum atomic E-state index is -1.23. The van der Waals surface area contributed by atoms with Crippen molar-refractivity contribution in [1.29, 1.82) is 0 Å². The van der Waals surface area contributed by atoms with E-state index < -0.39 is 17.5 Å². The molecule has 1 aromatic carbocycles. The van der Waals surface area contributed by atoms with E-state index in [0.29, 0.717) is 6.07 Å². The summed E-state index contributed by atoms with van der Waals surface area (Å²) in [7, 11) is 0. The highest BCUT2D eigenvalue weighted by Gasteiger charge is 2.13. The molecule has 0 saturated carbocycles. The van der Waals surface area contributed by atoms with E-state index in [0.717, 1.165) is 0 Å². The topological polar surface area (TPSA) is 0 Å². The minimum absolute atomic E-state index is 0.232. The fourth-order valence-corrected chi connectivity index (χ4v) is 1.10. The predicted octanol–water partition coefficient (Wildman–Crippen LogP) is 3.16. The lowest BCUT2D eigenvalue weighted by molar-refractivity contribution is 0.480. The average Bonchev–Trinajstić information content (AvgIpc) is 1.97. The van der Waals surface area contributed by atoms with Crippen LogP contribution in [0.1, 0.15) is 0 Å². The SMILES string of the molecule is Fc1cc(F)c(S)c(Br)c1F. The Bertz CT molecular complexity index is 274. The van der Waals surface area contributed by atoms with Gasteiger partial charge in [-0.3, -0.25) is 0 Å². The third kappa shape index (κ3) is 1.54. The highest BCUT2D eigenvalue weighted by molar-refractivity contribution is 9.10. The van der Waals surface area contributed by atoms with Crippen LogP contribution >= 0.6 is 28.6 Å². The van der Waals surface area contributed by atoms with Crippen LogP contribution in [0.4, 0.5) is 13.2 Å². The Morgan fingerprint density at radius 3 is 2.27 bits per heavy atom. The van der Waals surface area contributed by atoms with Gasteiger partial charge in [-0.2, -0.15) is 0 Å². The summed E-state index contributed by atoms with van der Waals surface area (Å²) in [5.74, 6) is -3.25. The molecule has 0 heterocycles. The Morgan fingerprint density at radius 2 is 1.73 bits per heavy atom. The fraction of sp³-hybridized carbons (Fsp3) is 0. The predicted molar refractivity (Wildman–Crippen MR) is 41.3 cm³/mol. The molecule has 0 spiro atoms. The highest BCUT2D eigenvalue weighted by atomic mass is 79.9. The third-order valence-corrected chi connectivity index (χ3v) is 2.58. The molecule has 60 valence electrons. The number of thiol groups is 1. The van der Waals surface area contributed by atoms with E-state index in [2.05, 4.69) is 28.6 Å². The van der Waals surface area contributed by atoms with Gasteiger partial charge in [0.25, 0.3) is 0 Å². The maximum absolute atomic E-state index is 12.5. The van der Waals surface area contributed by atoms with Crippen molar-refractivity contribution in [3.63, 3.8) is 0 Å². The fourth-order valence-electron chi connectivity index (χ4n) is 0.557. The number of halogens is 4.